The van der Waals surface area contributed by atoms with E-state index in [1.807, 2.05) is 6.07 Å². The molecular formula is C15H23FN2. The molecule has 1 saturated heterocycles. The predicted molar refractivity (Wildman–Crippen MR) is 73.6 cm³/mol. The van der Waals surface area contributed by atoms with Gasteiger partial charge in [0, 0.05) is 31.7 Å². The third-order valence-corrected chi connectivity index (χ3v) is 3.68. The Morgan fingerprint density at radius 3 is 2.83 bits per heavy atom. The van der Waals surface area contributed by atoms with Crippen LogP contribution in [-0.4, -0.2) is 43.3 Å². The standard InChI is InChI=1S/C15H23FN2/c1-13-11-17-15(12-18(13)9-5-8-16)10-14-6-3-2-4-7-14/h2-4,6-7,13,15,17H,5,8-12H2,1H3. The molecule has 0 aromatic heterocycles. The quantitative estimate of drug-likeness (QED) is 0.862. The lowest BCUT2D eigenvalue weighted by molar-refractivity contribution is 0.136. The molecule has 1 aromatic carbocycles. The molecule has 0 saturated carbocycles. The third-order valence-electron chi connectivity index (χ3n) is 3.68. The van der Waals surface area contributed by atoms with E-state index in [0.717, 1.165) is 26.1 Å². The molecule has 2 atom stereocenters. The number of nitrogens with one attached hydrogen (secondary N) is 1. The average molecular weight is 250 g/mol. The van der Waals surface area contributed by atoms with Gasteiger partial charge in [0.2, 0.25) is 0 Å². The summed E-state index contributed by atoms with van der Waals surface area (Å²) in [6.45, 7) is 4.91. The molecule has 100 valence electrons. The molecule has 3 heteroatoms. The number of nitrogens with zero attached hydrogens (tertiary/aromatic N) is 1. The maximum Gasteiger partial charge on any atom is 0.0906 e. The highest BCUT2D eigenvalue weighted by molar-refractivity contribution is 5.16. The van der Waals surface area contributed by atoms with Gasteiger partial charge in [0.1, 0.15) is 0 Å². The number of alkyl halides is 1. The number of benzene rings is 1. The van der Waals surface area contributed by atoms with E-state index in [1.165, 1.54) is 5.56 Å². The second-order valence-electron chi connectivity index (χ2n) is 5.18. The molecule has 1 aromatic rings. The van der Waals surface area contributed by atoms with E-state index in [0.29, 0.717) is 18.5 Å². The molecule has 0 radical (unpaired) electrons. The lowest BCUT2D eigenvalue weighted by Gasteiger charge is -2.38. The summed E-state index contributed by atoms with van der Waals surface area (Å²) in [6.07, 6.45) is 1.71. The topological polar surface area (TPSA) is 15.3 Å². The number of hydrogen-bond acceptors (Lipinski definition) is 2. The van der Waals surface area contributed by atoms with Crippen LogP contribution in [0.15, 0.2) is 30.3 Å². The van der Waals surface area contributed by atoms with Crippen LogP contribution in [0.1, 0.15) is 18.9 Å². The van der Waals surface area contributed by atoms with Gasteiger partial charge in [0.05, 0.1) is 6.67 Å². The first-order valence-corrected chi connectivity index (χ1v) is 6.87. The Kier molecular flexibility index (Phi) is 5.14. The average Bonchev–Trinajstić information content (AvgIpc) is 2.40. The van der Waals surface area contributed by atoms with Crippen molar-refractivity contribution >= 4 is 0 Å². The molecule has 2 nitrogen and oxygen atoms in total. The number of hydrogen-bond donors (Lipinski definition) is 1. The minimum atomic E-state index is -0.208. The summed E-state index contributed by atoms with van der Waals surface area (Å²) in [4.78, 5) is 2.41. The SMILES string of the molecule is CC1CNC(Cc2ccccc2)CN1CCCF. The van der Waals surface area contributed by atoms with Gasteiger partial charge in [-0.3, -0.25) is 9.29 Å². The lowest BCUT2D eigenvalue weighted by atomic mass is 10.0. The Morgan fingerprint density at radius 1 is 1.33 bits per heavy atom. The van der Waals surface area contributed by atoms with Crippen molar-refractivity contribution in [3.63, 3.8) is 0 Å². The van der Waals surface area contributed by atoms with Crippen molar-refractivity contribution in [2.75, 3.05) is 26.3 Å². The summed E-state index contributed by atoms with van der Waals surface area (Å²) in [5.41, 5.74) is 1.37. The summed E-state index contributed by atoms with van der Waals surface area (Å²) in [5.74, 6) is 0. The molecule has 18 heavy (non-hydrogen) atoms. The van der Waals surface area contributed by atoms with Crippen LogP contribution in [0.25, 0.3) is 0 Å². The van der Waals surface area contributed by atoms with Gasteiger partial charge in [0.15, 0.2) is 0 Å². The van der Waals surface area contributed by atoms with E-state index in [1.54, 1.807) is 0 Å². The third kappa shape index (κ3) is 3.79. The monoisotopic (exact) mass is 250 g/mol. The summed E-state index contributed by atoms with van der Waals surface area (Å²) < 4.78 is 12.3. The second kappa shape index (κ2) is 6.86. The van der Waals surface area contributed by atoms with Crippen LogP contribution in [-0.2, 0) is 6.42 Å². The van der Waals surface area contributed by atoms with E-state index in [4.69, 9.17) is 0 Å². The summed E-state index contributed by atoms with van der Waals surface area (Å²) in [6, 6.07) is 11.6. The van der Waals surface area contributed by atoms with Crippen molar-refractivity contribution in [1.82, 2.24) is 10.2 Å². The van der Waals surface area contributed by atoms with Gasteiger partial charge in [0.25, 0.3) is 0 Å². The van der Waals surface area contributed by atoms with Gasteiger partial charge in [-0.2, -0.15) is 0 Å². The van der Waals surface area contributed by atoms with Crippen molar-refractivity contribution < 1.29 is 4.39 Å². The molecule has 2 rings (SSSR count). The number of rotatable bonds is 5. The van der Waals surface area contributed by atoms with Crippen LogP contribution in [0.2, 0.25) is 0 Å². The Labute approximate surface area is 109 Å². The van der Waals surface area contributed by atoms with Gasteiger partial charge in [-0.15, -0.1) is 0 Å². The maximum absolute atomic E-state index is 12.3. The lowest BCUT2D eigenvalue weighted by Crippen LogP contribution is -2.56. The summed E-state index contributed by atoms with van der Waals surface area (Å²) >= 11 is 0. The zero-order valence-corrected chi connectivity index (χ0v) is 11.1. The maximum atomic E-state index is 12.3. The Balaban J connectivity index is 1.87. The Morgan fingerprint density at radius 2 is 2.11 bits per heavy atom. The van der Waals surface area contributed by atoms with Crippen LogP contribution in [0.3, 0.4) is 0 Å². The van der Waals surface area contributed by atoms with E-state index in [-0.39, 0.29) is 6.67 Å². The predicted octanol–water partition coefficient (Wildman–Crippen LogP) is 2.25. The highest BCUT2D eigenvalue weighted by atomic mass is 19.1. The van der Waals surface area contributed by atoms with E-state index < -0.39 is 0 Å². The van der Waals surface area contributed by atoms with Gasteiger partial charge >= 0.3 is 0 Å². The molecular weight excluding hydrogens is 227 g/mol. The first-order valence-electron chi connectivity index (χ1n) is 6.87. The second-order valence-corrected chi connectivity index (χ2v) is 5.18. The van der Waals surface area contributed by atoms with Crippen molar-refractivity contribution in [2.24, 2.45) is 0 Å². The van der Waals surface area contributed by atoms with Crippen LogP contribution >= 0.6 is 0 Å². The highest BCUT2D eigenvalue weighted by Gasteiger charge is 2.24. The Bertz CT molecular complexity index is 342. The van der Waals surface area contributed by atoms with Gasteiger partial charge < -0.3 is 5.32 Å². The molecule has 1 N–H and O–H groups in total. The largest absolute Gasteiger partial charge is 0.311 e. The van der Waals surface area contributed by atoms with Gasteiger partial charge in [-0.05, 0) is 25.3 Å². The number of piperazine rings is 1. The van der Waals surface area contributed by atoms with Gasteiger partial charge in [-0.25, -0.2) is 0 Å². The van der Waals surface area contributed by atoms with Crippen LogP contribution in [0.4, 0.5) is 4.39 Å². The van der Waals surface area contributed by atoms with E-state index >= 15 is 0 Å². The first-order chi connectivity index (χ1) is 8.79. The van der Waals surface area contributed by atoms with Crippen LogP contribution in [0.5, 0.6) is 0 Å². The molecule has 1 fully saturated rings. The fraction of sp³-hybridized carbons (Fsp3) is 0.600. The van der Waals surface area contributed by atoms with Crippen LogP contribution in [0, 0.1) is 0 Å². The normalized spacial score (nSPS) is 25.2. The summed E-state index contributed by atoms with van der Waals surface area (Å²) in [7, 11) is 0. The minimum Gasteiger partial charge on any atom is -0.311 e. The zero-order valence-electron chi connectivity index (χ0n) is 11.1. The molecule has 1 aliphatic rings. The van der Waals surface area contributed by atoms with Crippen molar-refractivity contribution in [3.8, 4) is 0 Å². The molecule has 1 aliphatic heterocycles. The van der Waals surface area contributed by atoms with Crippen LogP contribution < -0.4 is 5.32 Å². The molecule has 0 spiro atoms. The highest BCUT2D eigenvalue weighted by Crippen LogP contribution is 2.11. The minimum absolute atomic E-state index is 0.208. The van der Waals surface area contributed by atoms with Crippen molar-refractivity contribution in [1.29, 1.82) is 0 Å². The fourth-order valence-electron chi connectivity index (χ4n) is 2.60. The molecule has 2 unspecified atom stereocenters. The molecule has 0 amide bonds. The van der Waals surface area contributed by atoms with Gasteiger partial charge in [-0.1, -0.05) is 30.3 Å². The zero-order chi connectivity index (χ0) is 12.8. The molecule has 0 bridgehead atoms. The van der Waals surface area contributed by atoms with E-state index in [9.17, 15) is 4.39 Å². The fourth-order valence-corrected chi connectivity index (χ4v) is 2.60. The van der Waals surface area contributed by atoms with Crippen molar-refractivity contribution in [3.05, 3.63) is 35.9 Å². The Hall–Kier alpha value is -0.930. The van der Waals surface area contributed by atoms with E-state index in [2.05, 4.69) is 41.4 Å². The molecule has 0 aliphatic carbocycles. The number of halogens is 1. The smallest absolute Gasteiger partial charge is 0.0906 e. The summed E-state index contributed by atoms with van der Waals surface area (Å²) in [5, 5.41) is 3.59. The first kappa shape index (κ1) is 13.5. The molecule has 1 heterocycles. The van der Waals surface area contributed by atoms with Crippen molar-refractivity contribution in [2.45, 2.75) is 31.8 Å².